The molecule has 6 rings (SSSR count). The van der Waals surface area contributed by atoms with Gasteiger partial charge in [0.2, 0.25) is 0 Å². The average Bonchev–Trinajstić information content (AvgIpc) is 3.53. The number of aliphatic hydroxyl groups is 1. The van der Waals surface area contributed by atoms with E-state index in [-0.39, 0.29) is 17.5 Å². The Balaban J connectivity index is 1.22. The summed E-state index contributed by atoms with van der Waals surface area (Å²) in [6, 6.07) is 18.8. The van der Waals surface area contributed by atoms with Crippen LogP contribution in [0.15, 0.2) is 70.8 Å². The van der Waals surface area contributed by atoms with Crippen LogP contribution in [0.1, 0.15) is 46.5 Å². The number of H-pyrrole nitrogens is 1. The number of aliphatic hydroxyl groups excluding tert-OH is 1. The molecule has 2 aromatic heterocycles. The first kappa shape index (κ1) is 23.2. The SMILES string of the molecule is O=C(C(O)c1cccc(-c2ccc(Cl)cc2)c1)N1CCc2nc(C3(c4cccs4)CC3)[nH]c(=O)c2C1. The van der Waals surface area contributed by atoms with Crippen LogP contribution in [0.25, 0.3) is 11.1 Å². The molecule has 0 bridgehead atoms. The second kappa shape index (κ2) is 9.00. The fraction of sp³-hybridized carbons (Fsp3) is 0.250. The number of hydrogen-bond donors (Lipinski definition) is 2. The van der Waals surface area contributed by atoms with Crippen molar-refractivity contribution in [2.24, 2.45) is 0 Å². The molecule has 3 heterocycles. The molecule has 2 N–H and O–H groups in total. The molecule has 36 heavy (non-hydrogen) atoms. The summed E-state index contributed by atoms with van der Waals surface area (Å²) >= 11 is 7.68. The smallest absolute Gasteiger partial charge is 0.256 e. The molecule has 1 aliphatic heterocycles. The molecule has 1 amide bonds. The van der Waals surface area contributed by atoms with E-state index in [1.54, 1.807) is 34.4 Å². The third-order valence-corrected chi connectivity index (χ3v) is 8.52. The van der Waals surface area contributed by atoms with Gasteiger partial charge in [-0.25, -0.2) is 4.98 Å². The molecule has 1 atom stereocenters. The van der Waals surface area contributed by atoms with E-state index in [4.69, 9.17) is 16.6 Å². The Kier molecular flexibility index (Phi) is 5.79. The van der Waals surface area contributed by atoms with Crippen LogP contribution in [0.4, 0.5) is 0 Å². The molecule has 1 fully saturated rings. The number of carbonyl (C=O) groups is 1. The van der Waals surface area contributed by atoms with E-state index in [1.807, 2.05) is 41.8 Å². The Labute approximate surface area is 217 Å². The van der Waals surface area contributed by atoms with Gasteiger partial charge in [0.25, 0.3) is 11.5 Å². The first-order valence-electron chi connectivity index (χ1n) is 11.9. The van der Waals surface area contributed by atoms with Gasteiger partial charge in [-0.05, 0) is 59.2 Å². The summed E-state index contributed by atoms with van der Waals surface area (Å²) in [5.74, 6) is 0.308. The summed E-state index contributed by atoms with van der Waals surface area (Å²) in [7, 11) is 0. The number of nitrogens with one attached hydrogen (secondary N) is 1. The molecule has 1 unspecified atom stereocenters. The summed E-state index contributed by atoms with van der Waals surface area (Å²) in [6.07, 6.45) is 1.11. The average molecular weight is 518 g/mol. The number of thiophene rings is 1. The number of aromatic amines is 1. The van der Waals surface area contributed by atoms with E-state index >= 15 is 0 Å². The Morgan fingerprint density at radius 3 is 2.64 bits per heavy atom. The molecule has 4 aromatic rings. The lowest BCUT2D eigenvalue weighted by Crippen LogP contribution is -2.42. The second-order valence-electron chi connectivity index (χ2n) is 9.44. The summed E-state index contributed by atoms with van der Waals surface area (Å²) < 4.78 is 0. The van der Waals surface area contributed by atoms with Crippen LogP contribution in [-0.2, 0) is 23.2 Å². The van der Waals surface area contributed by atoms with Crippen LogP contribution in [0.2, 0.25) is 5.02 Å². The van der Waals surface area contributed by atoms with Gasteiger partial charge < -0.3 is 15.0 Å². The Morgan fingerprint density at radius 2 is 1.92 bits per heavy atom. The minimum atomic E-state index is -1.32. The summed E-state index contributed by atoms with van der Waals surface area (Å²) in [4.78, 5) is 36.9. The van der Waals surface area contributed by atoms with Gasteiger partial charge in [0, 0.05) is 22.9 Å². The van der Waals surface area contributed by atoms with Crippen molar-refractivity contribution >= 4 is 28.8 Å². The molecule has 2 aromatic carbocycles. The molecule has 0 spiro atoms. The number of nitrogens with zero attached hydrogens (tertiary/aromatic N) is 2. The number of carbonyl (C=O) groups excluding carboxylic acids is 1. The molecule has 0 radical (unpaired) electrons. The van der Waals surface area contributed by atoms with Crippen LogP contribution < -0.4 is 5.56 Å². The third-order valence-electron chi connectivity index (χ3n) is 7.19. The molecule has 0 saturated heterocycles. The number of hydrogen-bond acceptors (Lipinski definition) is 5. The molecule has 1 aliphatic carbocycles. The molecular weight excluding hydrogens is 494 g/mol. The Morgan fingerprint density at radius 1 is 1.11 bits per heavy atom. The number of amides is 1. The number of rotatable bonds is 5. The van der Waals surface area contributed by atoms with Gasteiger partial charge in [0.1, 0.15) is 5.82 Å². The lowest BCUT2D eigenvalue weighted by Gasteiger charge is -2.30. The highest BCUT2D eigenvalue weighted by Gasteiger charge is 2.49. The maximum Gasteiger partial charge on any atom is 0.256 e. The first-order chi connectivity index (χ1) is 17.4. The van der Waals surface area contributed by atoms with Gasteiger partial charge in [0.15, 0.2) is 6.10 Å². The largest absolute Gasteiger partial charge is 0.378 e. The fourth-order valence-corrected chi connectivity index (χ4v) is 6.07. The van der Waals surface area contributed by atoms with Gasteiger partial charge >= 0.3 is 0 Å². The second-order valence-corrected chi connectivity index (χ2v) is 10.8. The number of fused-ring (bicyclic) bond motifs is 1. The van der Waals surface area contributed by atoms with Crippen LogP contribution in [0.3, 0.4) is 0 Å². The zero-order chi connectivity index (χ0) is 24.9. The maximum absolute atomic E-state index is 13.2. The van der Waals surface area contributed by atoms with Crippen molar-refractivity contribution in [3.63, 3.8) is 0 Å². The fourth-order valence-electron chi connectivity index (χ4n) is 4.96. The van der Waals surface area contributed by atoms with E-state index in [1.165, 1.54) is 4.88 Å². The molecular formula is C28H24ClN3O3S. The van der Waals surface area contributed by atoms with Gasteiger partial charge in [-0.2, -0.15) is 0 Å². The highest BCUT2D eigenvalue weighted by molar-refractivity contribution is 7.10. The lowest BCUT2D eigenvalue weighted by atomic mass is 9.99. The van der Waals surface area contributed by atoms with Crippen LogP contribution >= 0.6 is 22.9 Å². The van der Waals surface area contributed by atoms with E-state index < -0.39 is 12.0 Å². The summed E-state index contributed by atoms with van der Waals surface area (Å²) in [5, 5.41) is 13.6. The van der Waals surface area contributed by atoms with E-state index in [2.05, 4.69) is 11.1 Å². The van der Waals surface area contributed by atoms with Crippen molar-refractivity contribution in [1.29, 1.82) is 0 Å². The van der Waals surface area contributed by atoms with Crippen molar-refractivity contribution in [2.45, 2.75) is 37.3 Å². The molecule has 182 valence electrons. The highest BCUT2D eigenvalue weighted by Crippen LogP contribution is 2.53. The molecule has 1 saturated carbocycles. The van der Waals surface area contributed by atoms with Crippen LogP contribution in [-0.4, -0.2) is 32.4 Å². The van der Waals surface area contributed by atoms with Crippen molar-refractivity contribution in [3.05, 3.63) is 109 Å². The third kappa shape index (κ3) is 4.07. The lowest BCUT2D eigenvalue weighted by molar-refractivity contribution is -0.141. The molecule has 6 nitrogen and oxygen atoms in total. The quantitative estimate of drug-likeness (QED) is 0.396. The predicted molar refractivity (Wildman–Crippen MR) is 140 cm³/mol. The summed E-state index contributed by atoms with van der Waals surface area (Å²) in [6.45, 7) is 0.540. The van der Waals surface area contributed by atoms with E-state index in [0.29, 0.717) is 29.1 Å². The Hall–Kier alpha value is -3.26. The van der Waals surface area contributed by atoms with Gasteiger partial charge in [0.05, 0.1) is 23.2 Å². The first-order valence-corrected chi connectivity index (χ1v) is 13.2. The zero-order valence-electron chi connectivity index (χ0n) is 19.4. The topological polar surface area (TPSA) is 86.3 Å². The van der Waals surface area contributed by atoms with Crippen molar-refractivity contribution in [2.75, 3.05) is 6.54 Å². The number of aromatic nitrogens is 2. The Bertz CT molecular complexity index is 1490. The molecule has 8 heteroatoms. The maximum atomic E-state index is 13.2. The van der Waals surface area contributed by atoms with Crippen molar-refractivity contribution in [1.82, 2.24) is 14.9 Å². The highest BCUT2D eigenvalue weighted by atomic mass is 35.5. The minimum Gasteiger partial charge on any atom is -0.378 e. The van der Waals surface area contributed by atoms with Gasteiger partial charge in [-0.1, -0.05) is 48.0 Å². The monoisotopic (exact) mass is 517 g/mol. The van der Waals surface area contributed by atoms with Crippen molar-refractivity contribution in [3.8, 4) is 11.1 Å². The standard InChI is InChI=1S/C28H24ClN3O3S/c29-20-8-6-17(7-9-20)18-3-1-4-19(15-18)24(33)26(35)32-13-10-22-21(16-32)25(34)31-27(30-22)28(11-12-28)23-5-2-14-36-23/h1-9,14-15,24,33H,10-13,16H2,(H,30,31,34). The van der Waals surface area contributed by atoms with Crippen LogP contribution in [0.5, 0.6) is 0 Å². The van der Waals surface area contributed by atoms with Crippen molar-refractivity contribution < 1.29 is 9.90 Å². The number of halogens is 1. The van der Waals surface area contributed by atoms with Gasteiger partial charge in [-0.3, -0.25) is 9.59 Å². The predicted octanol–water partition coefficient (Wildman–Crippen LogP) is 4.85. The van der Waals surface area contributed by atoms with E-state index in [0.717, 1.165) is 35.5 Å². The normalized spacial score (nSPS) is 16.9. The summed E-state index contributed by atoms with van der Waals surface area (Å²) in [5.41, 5.74) is 3.20. The van der Waals surface area contributed by atoms with Gasteiger partial charge in [-0.15, -0.1) is 11.3 Å². The zero-order valence-corrected chi connectivity index (χ0v) is 21.0. The number of benzene rings is 2. The minimum absolute atomic E-state index is 0.136. The van der Waals surface area contributed by atoms with Crippen LogP contribution in [0, 0.1) is 0 Å². The molecule has 2 aliphatic rings. The van der Waals surface area contributed by atoms with E-state index in [9.17, 15) is 14.7 Å².